The molecular weight excluding hydrogens is 170 g/mol. The van der Waals surface area contributed by atoms with E-state index in [2.05, 4.69) is 26.5 Å². The number of hydrogen-bond acceptors (Lipinski definition) is 2. The van der Waals surface area contributed by atoms with Crippen molar-refractivity contribution >= 4 is 18.5 Å². The second kappa shape index (κ2) is 4.17. The van der Waals surface area contributed by atoms with Crippen LogP contribution in [0.2, 0.25) is 0 Å². The van der Waals surface area contributed by atoms with Crippen molar-refractivity contribution in [1.29, 1.82) is 0 Å². The quantitative estimate of drug-likeness (QED) is 0.620. The molecule has 1 amide bonds. The van der Waals surface area contributed by atoms with Crippen molar-refractivity contribution in [2.75, 3.05) is 5.75 Å². The van der Waals surface area contributed by atoms with Crippen LogP contribution in [0, 0.1) is 0 Å². The van der Waals surface area contributed by atoms with Crippen molar-refractivity contribution in [3.63, 3.8) is 0 Å². The van der Waals surface area contributed by atoms with Crippen LogP contribution in [-0.4, -0.2) is 28.6 Å². The first kappa shape index (κ1) is 9.90. The van der Waals surface area contributed by atoms with Crippen LogP contribution in [0.15, 0.2) is 0 Å². The van der Waals surface area contributed by atoms with Crippen LogP contribution in [-0.2, 0) is 4.79 Å². The molecule has 0 N–H and O–H groups in total. The Morgan fingerprint density at radius 1 is 1.42 bits per heavy atom. The van der Waals surface area contributed by atoms with E-state index in [9.17, 15) is 4.79 Å². The first-order valence-corrected chi connectivity index (χ1v) is 5.22. The minimum absolute atomic E-state index is 0.179. The highest BCUT2D eigenvalue weighted by Gasteiger charge is 2.27. The Bertz CT molecular complexity index is 162. The maximum absolute atomic E-state index is 11.4. The van der Waals surface area contributed by atoms with Gasteiger partial charge in [-0.25, -0.2) is 0 Å². The van der Waals surface area contributed by atoms with Crippen LogP contribution in [0.1, 0.15) is 33.1 Å². The summed E-state index contributed by atoms with van der Waals surface area (Å²) < 4.78 is 0. The Balaban J connectivity index is 2.62. The fraction of sp³-hybridized carbons (Fsp3) is 0.889. The van der Waals surface area contributed by atoms with E-state index in [1.807, 2.05) is 4.90 Å². The van der Waals surface area contributed by atoms with Crippen LogP contribution < -0.4 is 0 Å². The zero-order chi connectivity index (χ0) is 9.14. The molecule has 0 spiro atoms. The third-order valence-electron chi connectivity index (χ3n) is 2.62. The third kappa shape index (κ3) is 1.94. The first-order chi connectivity index (χ1) is 5.66. The van der Waals surface area contributed by atoms with E-state index in [1.54, 1.807) is 0 Å². The second-order valence-electron chi connectivity index (χ2n) is 3.59. The molecule has 0 bridgehead atoms. The molecule has 1 rings (SSSR count). The molecule has 2 unspecified atom stereocenters. The predicted octanol–water partition coefficient (Wildman–Crippen LogP) is 1.71. The molecule has 1 aliphatic heterocycles. The van der Waals surface area contributed by atoms with E-state index in [0.29, 0.717) is 17.8 Å². The van der Waals surface area contributed by atoms with Gasteiger partial charge in [-0.3, -0.25) is 4.79 Å². The summed E-state index contributed by atoms with van der Waals surface area (Å²) in [6.07, 6.45) is 3.53. The topological polar surface area (TPSA) is 20.3 Å². The van der Waals surface area contributed by atoms with Gasteiger partial charge in [0.15, 0.2) is 0 Å². The average Bonchev–Trinajstić information content (AvgIpc) is 2.03. The summed E-state index contributed by atoms with van der Waals surface area (Å²) >= 11 is 4.02. The lowest BCUT2D eigenvalue weighted by Gasteiger charge is -2.38. The summed E-state index contributed by atoms with van der Waals surface area (Å²) in [7, 11) is 0. The number of thiol groups is 1. The molecule has 1 fully saturated rings. The van der Waals surface area contributed by atoms with Crippen LogP contribution in [0.3, 0.4) is 0 Å². The van der Waals surface area contributed by atoms with Gasteiger partial charge in [-0.15, -0.1) is 0 Å². The molecule has 3 heteroatoms. The Morgan fingerprint density at radius 3 is 2.33 bits per heavy atom. The summed E-state index contributed by atoms with van der Waals surface area (Å²) in [5.74, 6) is 0.521. The van der Waals surface area contributed by atoms with E-state index in [-0.39, 0.29) is 5.91 Å². The molecule has 0 radical (unpaired) electrons. The summed E-state index contributed by atoms with van der Waals surface area (Å²) in [4.78, 5) is 13.4. The van der Waals surface area contributed by atoms with Crippen LogP contribution in [0.25, 0.3) is 0 Å². The lowest BCUT2D eigenvalue weighted by atomic mass is 9.98. The molecule has 0 aromatic carbocycles. The van der Waals surface area contributed by atoms with Crippen molar-refractivity contribution in [1.82, 2.24) is 4.90 Å². The van der Waals surface area contributed by atoms with Crippen molar-refractivity contribution in [3.05, 3.63) is 0 Å². The molecule has 0 aromatic heterocycles. The van der Waals surface area contributed by atoms with Gasteiger partial charge < -0.3 is 4.90 Å². The van der Waals surface area contributed by atoms with E-state index in [0.717, 1.165) is 12.8 Å². The van der Waals surface area contributed by atoms with E-state index in [1.165, 1.54) is 6.42 Å². The van der Waals surface area contributed by atoms with E-state index >= 15 is 0 Å². The Kier molecular flexibility index (Phi) is 3.44. The molecule has 0 aromatic rings. The average molecular weight is 187 g/mol. The number of likely N-dealkylation sites (tertiary alicyclic amines) is 1. The maximum Gasteiger partial charge on any atom is 0.232 e. The monoisotopic (exact) mass is 187 g/mol. The van der Waals surface area contributed by atoms with Gasteiger partial charge >= 0.3 is 0 Å². The lowest BCUT2D eigenvalue weighted by Crippen LogP contribution is -2.48. The number of amides is 1. The Hall–Kier alpha value is -0.180. The number of piperidine rings is 1. The fourth-order valence-electron chi connectivity index (χ4n) is 1.99. The molecule has 12 heavy (non-hydrogen) atoms. The zero-order valence-electron chi connectivity index (χ0n) is 7.79. The fourth-order valence-corrected chi connectivity index (χ4v) is 2.16. The highest BCUT2D eigenvalue weighted by molar-refractivity contribution is 7.81. The van der Waals surface area contributed by atoms with Gasteiger partial charge in [0.1, 0.15) is 0 Å². The normalized spacial score (nSPS) is 30.4. The van der Waals surface area contributed by atoms with Crippen LogP contribution in [0.4, 0.5) is 0 Å². The van der Waals surface area contributed by atoms with Crippen LogP contribution >= 0.6 is 12.6 Å². The zero-order valence-corrected chi connectivity index (χ0v) is 8.68. The number of carbonyl (C=O) groups is 1. The summed E-state index contributed by atoms with van der Waals surface area (Å²) in [6.45, 7) is 4.24. The Morgan fingerprint density at radius 2 is 1.92 bits per heavy atom. The standard InChI is InChI=1S/C9H17NOS/c1-7-4-3-5-8(2)10(7)9(11)6-12/h7-8,12H,3-6H2,1-2H3. The van der Waals surface area contributed by atoms with Crippen LogP contribution in [0.5, 0.6) is 0 Å². The van der Waals surface area contributed by atoms with Gasteiger partial charge in [-0.05, 0) is 33.1 Å². The first-order valence-electron chi connectivity index (χ1n) is 4.59. The molecule has 1 aliphatic rings. The maximum atomic E-state index is 11.4. The molecule has 0 aliphatic carbocycles. The summed E-state index contributed by atoms with van der Waals surface area (Å²) in [5.41, 5.74) is 0. The third-order valence-corrected chi connectivity index (χ3v) is 2.89. The van der Waals surface area contributed by atoms with Gasteiger partial charge in [-0.2, -0.15) is 12.6 Å². The van der Waals surface area contributed by atoms with Gasteiger partial charge in [0.2, 0.25) is 5.91 Å². The second-order valence-corrected chi connectivity index (χ2v) is 3.90. The highest BCUT2D eigenvalue weighted by Crippen LogP contribution is 2.22. The SMILES string of the molecule is CC1CCCC(C)N1C(=O)CS. The summed E-state index contributed by atoms with van der Waals surface area (Å²) in [6, 6.07) is 0.821. The van der Waals surface area contributed by atoms with Gasteiger partial charge in [-0.1, -0.05) is 0 Å². The minimum atomic E-state index is 0.179. The van der Waals surface area contributed by atoms with Gasteiger partial charge in [0, 0.05) is 12.1 Å². The van der Waals surface area contributed by atoms with Crippen molar-refractivity contribution in [2.24, 2.45) is 0 Å². The number of carbonyl (C=O) groups excluding carboxylic acids is 1. The number of rotatable bonds is 1. The predicted molar refractivity (Wildman–Crippen MR) is 53.5 cm³/mol. The van der Waals surface area contributed by atoms with Crippen molar-refractivity contribution < 1.29 is 4.79 Å². The smallest absolute Gasteiger partial charge is 0.232 e. The summed E-state index contributed by atoms with van der Waals surface area (Å²) in [5, 5.41) is 0. The van der Waals surface area contributed by atoms with Gasteiger partial charge in [0.25, 0.3) is 0 Å². The number of hydrogen-bond donors (Lipinski definition) is 1. The molecule has 70 valence electrons. The van der Waals surface area contributed by atoms with Crippen molar-refractivity contribution in [2.45, 2.75) is 45.2 Å². The van der Waals surface area contributed by atoms with E-state index in [4.69, 9.17) is 0 Å². The number of nitrogens with zero attached hydrogens (tertiary/aromatic N) is 1. The molecular formula is C9H17NOS. The largest absolute Gasteiger partial charge is 0.337 e. The molecule has 2 atom stereocenters. The molecule has 1 heterocycles. The lowest BCUT2D eigenvalue weighted by molar-refractivity contribution is -0.134. The van der Waals surface area contributed by atoms with E-state index < -0.39 is 0 Å². The highest BCUT2D eigenvalue weighted by atomic mass is 32.1. The molecule has 2 nitrogen and oxygen atoms in total. The Labute approximate surface area is 79.7 Å². The minimum Gasteiger partial charge on any atom is -0.337 e. The van der Waals surface area contributed by atoms with Crippen molar-refractivity contribution in [3.8, 4) is 0 Å². The van der Waals surface area contributed by atoms with Gasteiger partial charge in [0.05, 0.1) is 5.75 Å². The molecule has 0 saturated carbocycles. The molecule has 1 saturated heterocycles.